The van der Waals surface area contributed by atoms with Gasteiger partial charge in [-0.25, -0.2) is 0 Å². The van der Waals surface area contributed by atoms with Gasteiger partial charge in [0.15, 0.2) is 0 Å². The number of anilines is 1. The lowest BCUT2D eigenvalue weighted by Gasteiger charge is -2.09. The number of hydrogen-bond acceptors (Lipinski definition) is 4. The Hall–Kier alpha value is -1.92. The number of carbonyl (C=O) groups is 1. The molecule has 0 aliphatic heterocycles. The molecule has 0 aliphatic carbocycles. The van der Waals surface area contributed by atoms with Crippen LogP contribution in [-0.2, 0) is 4.74 Å². The van der Waals surface area contributed by atoms with Crippen LogP contribution in [0.2, 0.25) is 0 Å². The van der Waals surface area contributed by atoms with Gasteiger partial charge >= 0.3 is 0 Å². The summed E-state index contributed by atoms with van der Waals surface area (Å²) in [4.78, 5) is 16.1. The number of nitrogens with one attached hydrogen (secondary N) is 1. The van der Waals surface area contributed by atoms with Crippen molar-refractivity contribution in [3.63, 3.8) is 0 Å². The van der Waals surface area contributed by atoms with E-state index in [9.17, 15) is 4.79 Å². The van der Waals surface area contributed by atoms with Gasteiger partial charge in [-0.1, -0.05) is 6.07 Å². The lowest BCUT2D eigenvalue weighted by Crippen LogP contribution is -2.12. The summed E-state index contributed by atoms with van der Waals surface area (Å²) >= 11 is 3.29. The molecule has 1 N–H and O–H groups in total. The first-order valence-corrected chi connectivity index (χ1v) is 7.12. The van der Waals surface area contributed by atoms with Gasteiger partial charge in [0, 0.05) is 35.7 Å². The first kappa shape index (κ1) is 15.5. The minimum Gasteiger partial charge on any atom is -0.491 e. The molecule has 0 saturated heterocycles. The highest BCUT2D eigenvalue weighted by molar-refractivity contribution is 9.10. The number of hydrogen-bond donors (Lipinski definition) is 1. The number of ether oxygens (including phenoxy) is 2. The Bertz CT molecular complexity index is 619. The van der Waals surface area contributed by atoms with Gasteiger partial charge in [0.25, 0.3) is 5.91 Å². The van der Waals surface area contributed by atoms with E-state index >= 15 is 0 Å². The van der Waals surface area contributed by atoms with Gasteiger partial charge in [0.2, 0.25) is 0 Å². The van der Waals surface area contributed by atoms with E-state index in [4.69, 9.17) is 9.47 Å². The molecular formula is C15H15BrN2O3. The highest BCUT2D eigenvalue weighted by atomic mass is 79.9. The van der Waals surface area contributed by atoms with E-state index in [-0.39, 0.29) is 5.91 Å². The standard InChI is InChI=1S/C15H15BrN2O3/c1-20-5-6-21-14-4-2-3-13(8-14)18-15(19)11-7-12(16)10-17-9-11/h2-4,7-10H,5-6H2,1H3,(H,18,19). The normalized spacial score (nSPS) is 10.2. The van der Waals surface area contributed by atoms with Crippen molar-refractivity contribution >= 4 is 27.5 Å². The molecule has 110 valence electrons. The number of carbonyl (C=O) groups excluding carboxylic acids is 1. The van der Waals surface area contributed by atoms with E-state index in [0.717, 1.165) is 4.47 Å². The Kier molecular flexibility index (Phi) is 5.71. The van der Waals surface area contributed by atoms with Gasteiger partial charge in [0.05, 0.1) is 12.2 Å². The number of rotatable bonds is 6. The Morgan fingerprint density at radius 2 is 2.14 bits per heavy atom. The lowest BCUT2D eigenvalue weighted by atomic mass is 10.2. The zero-order valence-corrected chi connectivity index (χ0v) is 13.1. The third-order valence-corrected chi connectivity index (χ3v) is 3.05. The maximum atomic E-state index is 12.1. The number of halogens is 1. The van der Waals surface area contributed by atoms with Gasteiger partial charge in [-0.05, 0) is 34.1 Å². The molecule has 21 heavy (non-hydrogen) atoms. The molecule has 5 nitrogen and oxygen atoms in total. The molecule has 1 heterocycles. The van der Waals surface area contributed by atoms with Crippen molar-refractivity contribution in [3.8, 4) is 5.75 Å². The Morgan fingerprint density at radius 3 is 2.90 bits per heavy atom. The van der Waals surface area contributed by atoms with Crippen LogP contribution < -0.4 is 10.1 Å². The summed E-state index contributed by atoms with van der Waals surface area (Å²) in [6.45, 7) is 0.976. The van der Waals surface area contributed by atoms with Crippen LogP contribution in [0.15, 0.2) is 47.2 Å². The monoisotopic (exact) mass is 350 g/mol. The number of amides is 1. The maximum Gasteiger partial charge on any atom is 0.257 e. The van der Waals surface area contributed by atoms with Crippen LogP contribution in [0.3, 0.4) is 0 Å². The molecule has 0 saturated carbocycles. The van der Waals surface area contributed by atoms with E-state index in [1.165, 1.54) is 6.20 Å². The molecule has 1 aromatic heterocycles. The van der Waals surface area contributed by atoms with E-state index < -0.39 is 0 Å². The fourth-order valence-corrected chi connectivity index (χ4v) is 2.01. The summed E-state index contributed by atoms with van der Waals surface area (Å²) in [6.07, 6.45) is 3.14. The largest absolute Gasteiger partial charge is 0.491 e. The van der Waals surface area contributed by atoms with Crippen LogP contribution in [0, 0.1) is 0 Å². The zero-order valence-electron chi connectivity index (χ0n) is 11.5. The van der Waals surface area contributed by atoms with E-state index in [0.29, 0.717) is 30.2 Å². The molecule has 2 aromatic rings. The Morgan fingerprint density at radius 1 is 1.29 bits per heavy atom. The van der Waals surface area contributed by atoms with E-state index in [1.54, 1.807) is 31.5 Å². The van der Waals surface area contributed by atoms with Gasteiger partial charge in [-0.3, -0.25) is 9.78 Å². The number of benzene rings is 1. The third-order valence-electron chi connectivity index (χ3n) is 2.62. The molecule has 1 amide bonds. The van der Waals surface area contributed by atoms with Crippen molar-refractivity contribution in [1.29, 1.82) is 0 Å². The maximum absolute atomic E-state index is 12.1. The van der Waals surface area contributed by atoms with Crippen molar-refractivity contribution < 1.29 is 14.3 Å². The minimum atomic E-state index is -0.224. The molecule has 2 rings (SSSR count). The average molecular weight is 351 g/mol. The SMILES string of the molecule is COCCOc1cccc(NC(=O)c2cncc(Br)c2)c1. The van der Waals surface area contributed by atoms with Crippen molar-refractivity contribution in [2.24, 2.45) is 0 Å². The van der Waals surface area contributed by atoms with Crippen LogP contribution in [0.1, 0.15) is 10.4 Å². The molecule has 0 fully saturated rings. The Balaban J connectivity index is 2.02. The highest BCUT2D eigenvalue weighted by Crippen LogP contribution is 2.18. The van der Waals surface area contributed by atoms with Crippen LogP contribution in [0.5, 0.6) is 5.75 Å². The van der Waals surface area contributed by atoms with E-state index in [2.05, 4.69) is 26.2 Å². The van der Waals surface area contributed by atoms with Gasteiger partial charge in [0.1, 0.15) is 12.4 Å². The van der Waals surface area contributed by atoms with Crippen molar-refractivity contribution in [2.45, 2.75) is 0 Å². The second-order valence-corrected chi connectivity index (χ2v) is 5.13. The summed E-state index contributed by atoms with van der Waals surface area (Å²) in [5.74, 6) is 0.454. The number of nitrogens with zero attached hydrogens (tertiary/aromatic N) is 1. The predicted molar refractivity (Wildman–Crippen MR) is 83.7 cm³/mol. The van der Waals surface area contributed by atoms with Crippen LogP contribution >= 0.6 is 15.9 Å². The van der Waals surface area contributed by atoms with Gasteiger partial charge in [-0.15, -0.1) is 0 Å². The molecule has 0 unspecified atom stereocenters. The zero-order chi connectivity index (χ0) is 15.1. The molecule has 0 spiro atoms. The highest BCUT2D eigenvalue weighted by Gasteiger charge is 2.07. The van der Waals surface area contributed by atoms with Gasteiger partial charge < -0.3 is 14.8 Å². The number of methoxy groups -OCH3 is 1. The van der Waals surface area contributed by atoms with Crippen molar-refractivity contribution in [3.05, 3.63) is 52.8 Å². The van der Waals surface area contributed by atoms with E-state index in [1.807, 2.05) is 12.1 Å². The smallest absolute Gasteiger partial charge is 0.257 e. The Labute approximate surface area is 131 Å². The van der Waals surface area contributed by atoms with Crippen molar-refractivity contribution in [1.82, 2.24) is 4.98 Å². The second kappa shape index (κ2) is 7.75. The topological polar surface area (TPSA) is 60.5 Å². The van der Waals surface area contributed by atoms with Crippen LogP contribution in [0.25, 0.3) is 0 Å². The average Bonchev–Trinajstić information content (AvgIpc) is 2.48. The summed E-state index contributed by atoms with van der Waals surface area (Å²) in [6, 6.07) is 8.91. The molecule has 6 heteroatoms. The lowest BCUT2D eigenvalue weighted by molar-refractivity contribution is 0.102. The molecular weight excluding hydrogens is 336 g/mol. The fraction of sp³-hybridized carbons (Fsp3) is 0.200. The minimum absolute atomic E-state index is 0.224. The fourth-order valence-electron chi connectivity index (χ4n) is 1.65. The first-order chi connectivity index (χ1) is 10.2. The van der Waals surface area contributed by atoms with Crippen molar-refractivity contribution in [2.75, 3.05) is 25.6 Å². The second-order valence-electron chi connectivity index (χ2n) is 4.22. The molecule has 0 atom stereocenters. The molecule has 1 aromatic carbocycles. The van der Waals surface area contributed by atoms with Crippen LogP contribution in [-0.4, -0.2) is 31.2 Å². The molecule has 0 aliphatic rings. The summed E-state index contributed by atoms with van der Waals surface area (Å²) in [5.41, 5.74) is 1.14. The van der Waals surface area contributed by atoms with Crippen LogP contribution in [0.4, 0.5) is 5.69 Å². The van der Waals surface area contributed by atoms with Gasteiger partial charge in [-0.2, -0.15) is 0 Å². The first-order valence-electron chi connectivity index (χ1n) is 6.33. The summed E-state index contributed by atoms with van der Waals surface area (Å²) in [5, 5.41) is 2.81. The number of aromatic nitrogens is 1. The predicted octanol–water partition coefficient (Wildman–Crippen LogP) is 3.12. The quantitative estimate of drug-likeness (QED) is 0.813. The summed E-state index contributed by atoms with van der Waals surface area (Å²) < 4.78 is 11.2. The molecule has 0 bridgehead atoms. The third kappa shape index (κ3) is 4.84. The summed E-state index contributed by atoms with van der Waals surface area (Å²) in [7, 11) is 1.62. The number of pyridine rings is 1. The molecule has 0 radical (unpaired) electrons.